The van der Waals surface area contributed by atoms with E-state index in [1.54, 1.807) is 30.4 Å². The summed E-state index contributed by atoms with van der Waals surface area (Å²) in [6.45, 7) is 3.79. The smallest absolute Gasteiger partial charge is 0.240 e. The van der Waals surface area contributed by atoms with Crippen LogP contribution in [0.25, 0.3) is 0 Å². The van der Waals surface area contributed by atoms with Gasteiger partial charge in [-0.1, -0.05) is 12.1 Å². The monoisotopic (exact) mass is 433 g/mol. The molecule has 0 bridgehead atoms. The van der Waals surface area contributed by atoms with Crippen molar-refractivity contribution in [3.63, 3.8) is 0 Å². The number of imidazole rings is 1. The van der Waals surface area contributed by atoms with Crippen molar-refractivity contribution in [3.8, 4) is 5.75 Å². The number of aromatic nitrogens is 3. The first-order valence-electron chi connectivity index (χ1n) is 10.6. The van der Waals surface area contributed by atoms with Gasteiger partial charge < -0.3 is 19.5 Å². The minimum absolute atomic E-state index is 0.0779. The number of hydrogen-bond acceptors (Lipinski definition) is 5. The fourth-order valence-corrected chi connectivity index (χ4v) is 4.03. The lowest BCUT2D eigenvalue weighted by atomic mass is 9.94. The number of carbonyl (C=O) groups excluding carboxylic acids is 2. The number of nitrogens with one attached hydrogen (secondary N) is 1. The van der Waals surface area contributed by atoms with Crippen molar-refractivity contribution in [1.82, 2.24) is 24.8 Å². The first kappa shape index (κ1) is 21.5. The number of hydrogen-bond donors (Lipinski definition) is 1. The van der Waals surface area contributed by atoms with Crippen molar-refractivity contribution in [2.75, 3.05) is 13.7 Å². The number of carbonyl (C=O) groups is 2. The van der Waals surface area contributed by atoms with Gasteiger partial charge in [-0.25, -0.2) is 4.98 Å². The Kier molecular flexibility index (Phi) is 6.49. The number of nitrogens with zero attached hydrogens (tertiary/aromatic N) is 4. The van der Waals surface area contributed by atoms with E-state index in [9.17, 15) is 9.59 Å². The summed E-state index contributed by atoms with van der Waals surface area (Å²) in [5, 5.41) is 2.99. The number of ether oxygens (including phenoxy) is 1. The number of pyridine rings is 1. The van der Waals surface area contributed by atoms with E-state index in [0.29, 0.717) is 26.1 Å². The predicted octanol–water partition coefficient (Wildman–Crippen LogP) is 2.04. The van der Waals surface area contributed by atoms with Crippen molar-refractivity contribution in [2.45, 2.75) is 39.4 Å². The van der Waals surface area contributed by atoms with Crippen LogP contribution >= 0.6 is 0 Å². The fourth-order valence-electron chi connectivity index (χ4n) is 4.03. The third-order valence-corrected chi connectivity index (χ3v) is 5.79. The molecule has 1 aromatic carbocycles. The van der Waals surface area contributed by atoms with Crippen LogP contribution in [0, 0.1) is 6.92 Å². The van der Waals surface area contributed by atoms with Gasteiger partial charge in [-0.05, 0) is 47.7 Å². The first-order valence-corrected chi connectivity index (χ1v) is 10.6. The van der Waals surface area contributed by atoms with Gasteiger partial charge in [-0.3, -0.25) is 14.6 Å². The largest absolute Gasteiger partial charge is 0.497 e. The molecule has 8 heteroatoms. The van der Waals surface area contributed by atoms with E-state index >= 15 is 0 Å². The van der Waals surface area contributed by atoms with E-state index in [2.05, 4.69) is 15.3 Å². The highest BCUT2D eigenvalue weighted by atomic mass is 16.5. The van der Waals surface area contributed by atoms with Gasteiger partial charge in [0.05, 0.1) is 19.9 Å². The molecular weight excluding hydrogens is 406 g/mol. The molecule has 0 atom stereocenters. The Hall–Kier alpha value is -3.68. The molecule has 0 saturated heterocycles. The summed E-state index contributed by atoms with van der Waals surface area (Å²) in [5.41, 5.74) is 5.11. The van der Waals surface area contributed by atoms with Crippen LogP contribution in [-0.4, -0.2) is 44.9 Å². The van der Waals surface area contributed by atoms with E-state index in [-0.39, 0.29) is 18.4 Å². The second-order valence-corrected chi connectivity index (χ2v) is 7.93. The predicted molar refractivity (Wildman–Crippen MR) is 119 cm³/mol. The maximum atomic E-state index is 12.9. The molecule has 0 aliphatic carbocycles. The molecule has 8 nitrogen and oxygen atoms in total. The summed E-state index contributed by atoms with van der Waals surface area (Å²) < 4.78 is 6.98. The maximum absolute atomic E-state index is 12.9. The summed E-state index contributed by atoms with van der Waals surface area (Å²) >= 11 is 0. The Labute approximate surface area is 187 Å². The average molecular weight is 434 g/mol. The van der Waals surface area contributed by atoms with Crippen molar-refractivity contribution in [2.24, 2.45) is 0 Å². The molecule has 166 valence electrons. The normalized spacial score (nSPS) is 12.9. The third kappa shape index (κ3) is 4.96. The molecule has 2 aromatic heterocycles. The summed E-state index contributed by atoms with van der Waals surface area (Å²) in [6, 6.07) is 7.60. The maximum Gasteiger partial charge on any atom is 0.240 e. The molecule has 0 saturated carbocycles. The van der Waals surface area contributed by atoms with E-state index in [1.807, 2.05) is 42.3 Å². The first-order chi connectivity index (χ1) is 15.5. The average Bonchev–Trinajstić information content (AvgIpc) is 3.31. The molecule has 3 heterocycles. The van der Waals surface area contributed by atoms with Gasteiger partial charge in [0.2, 0.25) is 11.8 Å². The van der Waals surface area contributed by atoms with Gasteiger partial charge >= 0.3 is 0 Å². The molecule has 32 heavy (non-hydrogen) atoms. The number of fused-ring (bicyclic) bond motifs is 1. The second-order valence-electron chi connectivity index (χ2n) is 7.93. The third-order valence-electron chi connectivity index (χ3n) is 5.79. The highest BCUT2D eigenvalue weighted by Crippen LogP contribution is 2.25. The van der Waals surface area contributed by atoms with E-state index < -0.39 is 0 Å². The zero-order chi connectivity index (χ0) is 22.5. The molecule has 0 unspecified atom stereocenters. The Morgan fingerprint density at radius 3 is 2.94 bits per heavy atom. The Morgan fingerprint density at radius 1 is 1.28 bits per heavy atom. The van der Waals surface area contributed by atoms with Crippen LogP contribution in [-0.2, 0) is 42.1 Å². The zero-order valence-electron chi connectivity index (χ0n) is 18.4. The lowest BCUT2D eigenvalue weighted by molar-refractivity contribution is -0.131. The molecule has 0 radical (unpaired) electrons. The van der Waals surface area contributed by atoms with Gasteiger partial charge in [-0.2, -0.15) is 0 Å². The SMILES string of the molecule is COc1cccc(CC(=O)N2CCc3c(cnc(C)c3CNC(=O)Cn3ccnc3)C2)c1. The zero-order valence-corrected chi connectivity index (χ0v) is 18.4. The second kappa shape index (κ2) is 9.64. The molecule has 0 fully saturated rings. The van der Waals surface area contributed by atoms with Crippen molar-refractivity contribution in [1.29, 1.82) is 0 Å². The van der Waals surface area contributed by atoms with Gasteiger partial charge in [0, 0.05) is 43.9 Å². The quantitative estimate of drug-likeness (QED) is 0.616. The van der Waals surface area contributed by atoms with Crippen LogP contribution in [0.3, 0.4) is 0 Å². The minimum atomic E-state index is -0.0779. The van der Waals surface area contributed by atoms with Crippen molar-refractivity contribution >= 4 is 11.8 Å². The number of aryl methyl sites for hydroxylation is 1. The lowest BCUT2D eigenvalue weighted by Crippen LogP contribution is -2.38. The number of benzene rings is 1. The van der Waals surface area contributed by atoms with Crippen LogP contribution in [0.15, 0.2) is 49.2 Å². The van der Waals surface area contributed by atoms with Crippen LogP contribution in [0.5, 0.6) is 5.75 Å². The van der Waals surface area contributed by atoms with Gasteiger partial charge in [-0.15, -0.1) is 0 Å². The number of methoxy groups -OCH3 is 1. The molecule has 0 spiro atoms. The highest BCUT2D eigenvalue weighted by molar-refractivity contribution is 5.79. The fraction of sp³-hybridized carbons (Fsp3) is 0.333. The molecule has 1 aliphatic rings. The molecule has 4 rings (SSSR count). The Balaban J connectivity index is 1.41. The van der Waals surface area contributed by atoms with E-state index in [4.69, 9.17) is 4.74 Å². The number of rotatable bonds is 7. The van der Waals surface area contributed by atoms with E-state index in [0.717, 1.165) is 34.6 Å². The topological polar surface area (TPSA) is 89.4 Å². The summed E-state index contributed by atoms with van der Waals surface area (Å²) in [4.78, 5) is 35.5. The molecule has 3 aromatic rings. The Bertz CT molecular complexity index is 1110. The van der Waals surface area contributed by atoms with Gasteiger partial charge in [0.15, 0.2) is 0 Å². The van der Waals surface area contributed by atoms with E-state index in [1.165, 1.54) is 5.56 Å². The minimum Gasteiger partial charge on any atom is -0.497 e. The molecule has 1 N–H and O–H groups in total. The van der Waals surface area contributed by atoms with Crippen LogP contribution in [0.2, 0.25) is 0 Å². The van der Waals surface area contributed by atoms with Crippen molar-refractivity contribution in [3.05, 3.63) is 77.1 Å². The summed E-state index contributed by atoms with van der Waals surface area (Å²) in [7, 11) is 1.62. The van der Waals surface area contributed by atoms with Gasteiger partial charge in [0.1, 0.15) is 12.3 Å². The molecule has 1 aliphatic heterocycles. The van der Waals surface area contributed by atoms with Crippen LogP contribution < -0.4 is 10.1 Å². The van der Waals surface area contributed by atoms with Crippen LogP contribution in [0.4, 0.5) is 0 Å². The number of amides is 2. The standard InChI is InChI=1S/C24H27N5O3/c1-17-22(13-27-23(30)15-28-9-7-25-16-28)21-6-8-29(14-19(21)12-26-17)24(31)11-18-4-3-5-20(10-18)32-2/h3-5,7,9-10,12,16H,6,8,11,13-15H2,1-2H3,(H,27,30). The lowest BCUT2D eigenvalue weighted by Gasteiger charge is -2.30. The summed E-state index contributed by atoms with van der Waals surface area (Å²) in [6.07, 6.45) is 7.96. The van der Waals surface area contributed by atoms with Crippen molar-refractivity contribution < 1.29 is 14.3 Å². The Morgan fingerprint density at radius 2 is 2.16 bits per heavy atom. The molecular formula is C24H27N5O3. The highest BCUT2D eigenvalue weighted by Gasteiger charge is 2.24. The summed E-state index contributed by atoms with van der Waals surface area (Å²) in [5.74, 6) is 0.754. The van der Waals surface area contributed by atoms with Gasteiger partial charge in [0.25, 0.3) is 0 Å². The van der Waals surface area contributed by atoms with Crippen LogP contribution in [0.1, 0.15) is 27.9 Å². The molecule has 2 amide bonds.